The van der Waals surface area contributed by atoms with E-state index in [1.807, 2.05) is 0 Å². The first-order valence-corrected chi connectivity index (χ1v) is 7.17. The van der Waals surface area contributed by atoms with E-state index in [1.54, 1.807) is 0 Å². The van der Waals surface area contributed by atoms with Gasteiger partial charge in [0.1, 0.15) is 0 Å². The Balaban J connectivity index is 1.68. The van der Waals surface area contributed by atoms with Gasteiger partial charge in [-0.3, -0.25) is 0 Å². The summed E-state index contributed by atoms with van der Waals surface area (Å²) in [6.07, 6.45) is 1.33. The SMILES string of the molecule is CC1(C)Cc2ccccc2C1NCC1COCCO1. The molecule has 1 heterocycles. The molecule has 1 aliphatic carbocycles. The molecule has 2 aliphatic rings. The molecule has 0 amide bonds. The highest BCUT2D eigenvalue weighted by Crippen LogP contribution is 2.44. The van der Waals surface area contributed by atoms with Crippen molar-refractivity contribution in [2.24, 2.45) is 5.41 Å². The molecule has 2 unspecified atom stereocenters. The first-order chi connectivity index (χ1) is 9.17. The van der Waals surface area contributed by atoms with Crippen LogP contribution in [-0.4, -0.2) is 32.5 Å². The molecule has 2 atom stereocenters. The van der Waals surface area contributed by atoms with E-state index < -0.39 is 0 Å². The lowest BCUT2D eigenvalue weighted by molar-refractivity contribution is -0.0879. The highest BCUT2D eigenvalue weighted by Gasteiger charge is 2.38. The predicted octanol–water partition coefficient (Wildman–Crippen LogP) is 2.32. The topological polar surface area (TPSA) is 30.5 Å². The average Bonchev–Trinajstić information content (AvgIpc) is 2.67. The zero-order chi connectivity index (χ0) is 13.3. The van der Waals surface area contributed by atoms with E-state index in [0.29, 0.717) is 12.6 Å². The Labute approximate surface area is 115 Å². The fraction of sp³-hybridized carbons (Fsp3) is 0.625. The fourth-order valence-corrected chi connectivity index (χ4v) is 3.28. The van der Waals surface area contributed by atoms with E-state index in [2.05, 4.69) is 43.4 Å². The Hall–Kier alpha value is -0.900. The second kappa shape index (κ2) is 5.23. The zero-order valence-electron chi connectivity index (χ0n) is 11.8. The number of fused-ring (bicyclic) bond motifs is 1. The molecule has 1 saturated heterocycles. The van der Waals surface area contributed by atoms with Crippen molar-refractivity contribution in [3.8, 4) is 0 Å². The van der Waals surface area contributed by atoms with Crippen molar-refractivity contribution in [3.05, 3.63) is 35.4 Å². The Morgan fingerprint density at radius 3 is 2.89 bits per heavy atom. The number of ether oxygens (including phenoxy) is 2. The third-order valence-corrected chi connectivity index (χ3v) is 4.23. The van der Waals surface area contributed by atoms with Crippen molar-refractivity contribution in [2.45, 2.75) is 32.4 Å². The average molecular weight is 261 g/mol. The summed E-state index contributed by atoms with van der Waals surface area (Å²) in [5.41, 5.74) is 3.19. The van der Waals surface area contributed by atoms with E-state index in [9.17, 15) is 0 Å². The summed E-state index contributed by atoms with van der Waals surface area (Å²) in [5.74, 6) is 0. The van der Waals surface area contributed by atoms with E-state index in [4.69, 9.17) is 9.47 Å². The molecule has 1 aliphatic heterocycles. The minimum Gasteiger partial charge on any atom is -0.376 e. The van der Waals surface area contributed by atoms with Crippen LogP contribution < -0.4 is 5.32 Å². The van der Waals surface area contributed by atoms with Crippen LogP contribution >= 0.6 is 0 Å². The summed E-state index contributed by atoms with van der Waals surface area (Å²) in [5, 5.41) is 3.69. The molecule has 1 aromatic carbocycles. The van der Waals surface area contributed by atoms with Gasteiger partial charge in [-0.15, -0.1) is 0 Å². The van der Waals surface area contributed by atoms with E-state index in [1.165, 1.54) is 11.1 Å². The molecule has 0 saturated carbocycles. The van der Waals surface area contributed by atoms with Gasteiger partial charge in [0.05, 0.1) is 25.9 Å². The second-order valence-electron chi connectivity index (χ2n) is 6.27. The van der Waals surface area contributed by atoms with Gasteiger partial charge in [-0.2, -0.15) is 0 Å². The second-order valence-corrected chi connectivity index (χ2v) is 6.27. The summed E-state index contributed by atoms with van der Waals surface area (Å²) in [6.45, 7) is 7.70. The number of nitrogens with one attached hydrogen (secondary N) is 1. The quantitative estimate of drug-likeness (QED) is 0.905. The van der Waals surface area contributed by atoms with Crippen LogP contribution in [0.2, 0.25) is 0 Å². The monoisotopic (exact) mass is 261 g/mol. The van der Waals surface area contributed by atoms with Crippen molar-refractivity contribution < 1.29 is 9.47 Å². The fourth-order valence-electron chi connectivity index (χ4n) is 3.28. The third kappa shape index (κ3) is 2.69. The van der Waals surface area contributed by atoms with Gasteiger partial charge in [0.2, 0.25) is 0 Å². The maximum absolute atomic E-state index is 5.71. The van der Waals surface area contributed by atoms with Crippen LogP contribution in [0.4, 0.5) is 0 Å². The van der Waals surface area contributed by atoms with Crippen LogP contribution in [0.1, 0.15) is 31.0 Å². The summed E-state index contributed by atoms with van der Waals surface area (Å²) in [4.78, 5) is 0. The molecule has 3 rings (SSSR count). The van der Waals surface area contributed by atoms with Gasteiger partial charge in [0, 0.05) is 12.6 Å². The normalized spacial score (nSPS) is 29.2. The van der Waals surface area contributed by atoms with Gasteiger partial charge < -0.3 is 14.8 Å². The van der Waals surface area contributed by atoms with Crippen LogP contribution in [-0.2, 0) is 15.9 Å². The van der Waals surface area contributed by atoms with Crippen LogP contribution in [0.5, 0.6) is 0 Å². The van der Waals surface area contributed by atoms with Crippen LogP contribution in [0.3, 0.4) is 0 Å². The Bertz CT molecular complexity index is 438. The zero-order valence-corrected chi connectivity index (χ0v) is 11.8. The molecule has 0 aromatic heterocycles. The van der Waals surface area contributed by atoms with Crippen molar-refractivity contribution in [2.75, 3.05) is 26.4 Å². The molecule has 0 bridgehead atoms. The van der Waals surface area contributed by atoms with E-state index in [0.717, 1.165) is 26.2 Å². The van der Waals surface area contributed by atoms with Gasteiger partial charge in [-0.1, -0.05) is 38.1 Å². The van der Waals surface area contributed by atoms with Gasteiger partial charge in [0.15, 0.2) is 0 Å². The molecule has 1 fully saturated rings. The summed E-state index contributed by atoms with van der Waals surface area (Å²) >= 11 is 0. The highest BCUT2D eigenvalue weighted by atomic mass is 16.6. The van der Waals surface area contributed by atoms with Crippen molar-refractivity contribution >= 4 is 0 Å². The van der Waals surface area contributed by atoms with Gasteiger partial charge in [0.25, 0.3) is 0 Å². The maximum Gasteiger partial charge on any atom is 0.0933 e. The lowest BCUT2D eigenvalue weighted by atomic mass is 9.85. The first-order valence-electron chi connectivity index (χ1n) is 7.17. The van der Waals surface area contributed by atoms with Crippen molar-refractivity contribution in [1.29, 1.82) is 0 Å². The molecule has 19 heavy (non-hydrogen) atoms. The number of hydrogen-bond donors (Lipinski definition) is 1. The van der Waals surface area contributed by atoms with Crippen LogP contribution in [0.25, 0.3) is 0 Å². The largest absolute Gasteiger partial charge is 0.376 e. The van der Waals surface area contributed by atoms with Gasteiger partial charge in [-0.05, 0) is 23.0 Å². The van der Waals surface area contributed by atoms with Crippen molar-refractivity contribution in [3.63, 3.8) is 0 Å². The molecular weight excluding hydrogens is 238 g/mol. The van der Waals surface area contributed by atoms with Crippen LogP contribution in [0.15, 0.2) is 24.3 Å². The molecule has 3 heteroatoms. The minimum atomic E-state index is 0.192. The first kappa shape index (κ1) is 13.1. The highest BCUT2D eigenvalue weighted by molar-refractivity contribution is 5.37. The molecule has 104 valence electrons. The summed E-state index contributed by atoms with van der Waals surface area (Å²) < 4.78 is 11.2. The number of hydrogen-bond acceptors (Lipinski definition) is 3. The van der Waals surface area contributed by atoms with E-state index in [-0.39, 0.29) is 11.5 Å². The predicted molar refractivity (Wildman–Crippen MR) is 75.2 cm³/mol. The molecule has 3 nitrogen and oxygen atoms in total. The molecule has 0 spiro atoms. The molecule has 0 radical (unpaired) electrons. The molecule has 1 N–H and O–H groups in total. The Kier molecular flexibility index (Phi) is 3.61. The lowest BCUT2D eigenvalue weighted by Crippen LogP contribution is -2.41. The number of benzene rings is 1. The molecular formula is C16H23NO2. The smallest absolute Gasteiger partial charge is 0.0933 e. The van der Waals surface area contributed by atoms with Gasteiger partial charge in [-0.25, -0.2) is 0 Å². The van der Waals surface area contributed by atoms with Crippen molar-refractivity contribution in [1.82, 2.24) is 5.32 Å². The summed E-state index contributed by atoms with van der Waals surface area (Å²) in [7, 11) is 0. The van der Waals surface area contributed by atoms with Crippen LogP contribution in [0, 0.1) is 5.41 Å². The maximum atomic E-state index is 5.71. The third-order valence-electron chi connectivity index (χ3n) is 4.23. The van der Waals surface area contributed by atoms with Gasteiger partial charge >= 0.3 is 0 Å². The number of rotatable bonds is 3. The lowest BCUT2D eigenvalue weighted by Gasteiger charge is -2.31. The Morgan fingerprint density at radius 1 is 1.26 bits per heavy atom. The van der Waals surface area contributed by atoms with E-state index >= 15 is 0 Å². The standard InChI is InChI=1S/C16H23NO2/c1-16(2)9-12-5-3-4-6-14(12)15(16)17-10-13-11-18-7-8-19-13/h3-6,13,15,17H,7-11H2,1-2H3. The molecule has 1 aromatic rings. The summed E-state index contributed by atoms with van der Waals surface area (Å²) in [6, 6.07) is 9.18. The Morgan fingerprint density at radius 2 is 2.11 bits per heavy atom. The minimum absolute atomic E-state index is 0.192.